The van der Waals surface area contributed by atoms with Gasteiger partial charge in [0, 0.05) is 39.6 Å². The van der Waals surface area contributed by atoms with Crippen molar-refractivity contribution in [3.8, 4) is 89.8 Å². The molecule has 100 heavy (non-hydrogen) atoms. The fraction of sp³-hybridized carbons (Fsp3) is 0.170. The maximum Gasteiger partial charge on any atom is 0.256 e. The van der Waals surface area contributed by atoms with E-state index in [0.29, 0.717) is 34.4 Å². The van der Waals surface area contributed by atoms with Crippen LogP contribution in [0.2, 0.25) is 0 Å². The molecule has 0 atom stereocenters. The van der Waals surface area contributed by atoms with E-state index in [1.807, 2.05) is 54.6 Å². The minimum atomic E-state index is -0.609. The first-order chi connectivity index (χ1) is 52.2. The predicted octanol–water partition coefficient (Wildman–Crippen LogP) is 21.7. The molecule has 0 amide bonds. The summed E-state index contributed by atoms with van der Waals surface area (Å²) in [5, 5.41) is 0. The quantitative estimate of drug-likeness (QED) is 0.142. The SMILES string of the molecule is [2H]c1c([2H])c([2H])c(-c2cccc(-c3c([2H])c([2H])c([2H])c([2H])c3[2H])c2N2c3cc4c(cc3B3c5ccc(-c6ccccc6)cc5Oc5cc(-c6cc(C(C)(C)C)cc(C(C)(C)C)c6)cc2c53)B2c3ccc(-c5ccccc5)cc3Oc3cc(-c5cc(C(C)(C)C)cc(C(C)(C)C)c5)cc(c32)N4c2ccccc2)c([2H])c1[2H]. The molecule has 0 bridgehead atoms. The second-order valence-electron chi connectivity index (χ2n) is 31.4. The van der Waals surface area contributed by atoms with Gasteiger partial charge < -0.3 is 19.3 Å². The summed E-state index contributed by atoms with van der Waals surface area (Å²) in [4.78, 5) is 4.42. The highest BCUT2D eigenvalue weighted by molar-refractivity contribution is 7.02. The summed E-state index contributed by atoms with van der Waals surface area (Å²) in [7, 11) is 0. The van der Waals surface area contributed by atoms with E-state index >= 15 is 0 Å². The lowest BCUT2D eigenvalue weighted by Gasteiger charge is -2.45. The van der Waals surface area contributed by atoms with Crippen molar-refractivity contribution in [3.63, 3.8) is 0 Å². The summed E-state index contributed by atoms with van der Waals surface area (Å²) in [6, 6.07) is 70.9. The van der Waals surface area contributed by atoms with E-state index in [4.69, 9.17) is 12.2 Å². The minimum Gasteiger partial charge on any atom is -0.458 e. The Morgan fingerprint density at radius 3 is 1.06 bits per heavy atom. The standard InChI is InChI=1S/C94H82B2N2O2/c1-91(2,3)69-45-65(46-70(55-69)92(4,5)6)67-49-82-88-86(53-67)99-84-51-63(59-29-18-13-19-30-59)41-43-76(84)95(88)78-57-79-81(58-80(78)97(82)73-37-26-17-27-38-73)98(90-74(61-33-22-15-23-34-61)39-28-40-75(90)62-35-24-16-25-36-62)83-50-68(66-47-71(93(7,8)9)56-72(48-66)94(10,11)12)54-87-89(83)96(79)77-44-42-64(52-85(77)100-87)60-31-20-14-21-32-60/h13-58H,1-12H3/i15D,16D,22D,23D,24D,25D,33D,34D,35D,36D. The lowest BCUT2D eigenvalue weighted by molar-refractivity contribution is 0.487. The smallest absolute Gasteiger partial charge is 0.256 e. The fourth-order valence-electron chi connectivity index (χ4n) is 15.3. The van der Waals surface area contributed by atoms with Crippen LogP contribution < -0.4 is 52.1 Å². The number of ether oxygens (including phenoxy) is 2. The maximum absolute atomic E-state index is 9.96. The first kappa shape index (κ1) is 52.3. The van der Waals surface area contributed by atoms with Crippen molar-refractivity contribution in [1.29, 1.82) is 0 Å². The van der Waals surface area contributed by atoms with Gasteiger partial charge >= 0.3 is 0 Å². The summed E-state index contributed by atoms with van der Waals surface area (Å²) in [5.41, 5.74) is 20.5. The normalized spacial score (nSPS) is 14.9. The van der Waals surface area contributed by atoms with E-state index in [0.717, 1.165) is 105 Å². The van der Waals surface area contributed by atoms with Crippen LogP contribution in [0.15, 0.2) is 279 Å². The average molecular weight is 1300 g/mol. The summed E-state index contributed by atoms with van der Waals surface area (Å²) in [6.07, 6.45) is 0. The Morgan fingerprint density at radius 1 is 0.280 bits per heavy atom. The molecule has 4 heterocycles. The molecule has 0 unspecified atom stereocenters. The van der Waals surface area contributed by atoms with Gasteiger partial charge in [0.1, 0.15) is 23.0 Å². The average Bonchev–Trinajstić information content (AvgIpc) is 0.683. The van der Waals surface area contributed by atoms with Gasteiger partial charge in [-0.2, -0.15) is 0 Å². The Balaban J connectivity index is 1.06. The molecule has 0 aliphatic carbocycles. The van der Waals surface area contributed by atoms with E-state index in [1.165, 1.54) is 11.1 Å². The number of rotatable bonds is 8. The van der Waals surface area contributed by atoms with Gasteiger partial charge in [0.25, 0.3) is 13.4 Å². The molecule has 0 saturated heterocycles. The van der Waals surface area contributed by atoms with Crippen LogP contribution >= 0.6 is 0 Å². The van der Waals surface area contributed by atoms with E-state index in [9.17, 15) is 11.0 Å². The van der Waals surface area contributed by atoms with Crippen LogP contribution in [0.1, 0.15) is 119 Å². The molecule has 0 saturated carbocycles. The number of nitrogens with zero attached hydrogens (tertiary/aromatic N) is 2. The number of hydrogen-bond acceptors (Lipinski definition) is 4. The Kier molecular flexibility index (Phi) is 12.2. The van der Waals surface area contributed by atoms with Crippen LogP contribution in [-0.2, 0) is 21.7 Å². The van der Waals surface area contributed by atoms with Gasteiger partial charge in [0.05, 0.1) is 19.4 Å². The van der Waals surface area contributed by atoms with E-state index < -0.39 is 73.8 Å². The highest BCUT2D eigenvalue weighted by atomic mass is 16.5. The van der Waals surface area contributed by atoms with Crippen molar-refractivity contribution in [2.45, 2.75) is 105 Å². The lowest BCUT2D eigenvalue weighted by Crippen LogP contribution is -2.63. The van der Waals surface area contributed by atoms with Crippen molar-refractivity contribution in [2.75, 3.05) is 9.80 Å². The molecular formula is C94H82B2N2O2. The molecule has 17 rings (SSSR count). The van der Waals surface area contributed by atoms with Crippen LogP contribution in [0.3, 0.4) is 0 Å². The minimum absolute atomic E-state index is 0.145. The summed E-state index contributed by atoms with van der Waals surface area (Å²) < 4.78 is 111. The van der Waals surface area contributed by atoms with Crippen LogP contribution in [-0.4, -0.2) is 13.4 Å². The molecule has 0 aromatic heterocycles. The third kappa shape index (κ3) is 10.8. The van der Waals surface area contributed by atoms with Gasteiger partial charge in [0.15, 0.2) is 0 Å². The van der Waals surface area contributed by atoms with E-state index in [1.54, 1.807) is 18.2 Å². The second-order valence-corrected chi connectivity index (χ2v) is 31.4. The zero-order valence-corrected chi connectivity index (χ0v) is 58.7. The number of para-hydroxylation sites is 2. The molecule has 4 aliphatic heterocycles. The second kappa shape index (κ2) is 23.4. The number of anilines is 6. The van der Waals surface area contributed by atoms with Crippen molar-refractivity contribution in [3.05, 3.63) is 301 Å². The number of hydrogen-bond donors (Lipinski definition) is 0. The lowest BCUT2D eigenvalue weighted by atomic mass is 9.30. The predicted molar refractivity (Wildman–Crippen MR) is 426 cm³/mol. The Bertz CT molecular complexity index is 5850. The highest BCUT2D eigenvalue weighted by Gasteiger charge is 2.48. The summed E-state index contributed by atoms with van der Waals surface area (Å²) >= 11 is 0. The Labute approximate surface area is 605 Å². The molecule has 0 fully saturated rings. The van der Waals surface area contributed by atoms with E-state index in [-0.39, 0.29) is 49.6 Å². The van der Waals surface area contributed by atoms with Crippen molar-refractivity contribution < 1.29 is 23.2 Å². The van der Waals surface area contributed by atoms with E-state index in [2.05, 4.69) is 238 Å². The number of benzene rings is 13. The summed E-state index contributed by atoms with van der Waals surface area (Å²) in [5.74, 6) is 2.59. The van der Waals surface area contributed by atoms with Gasteiger partial charge in [-0.1, -0.05) is 307 Å². The topological polar surface area (TPSA) is 24.9 Å². The molecular weight excluding hydrogens is 1210 g/mol. The van der Waals surface area contributed by atoms with Gasteiger partial charge in [-0.05, 0) is 187 Å². The molecule has 486 valence electrons. The molecule has 13 aromatic rings. The molecule has 0 spiro atoms. The van der Waals surface area contributed by atoms with Crippen molar-refractivity contribution >= 4 is 80.3 Å². The zero-order chi connectivity index (χ0) is 77.4. The molecule has 4 aliphatic rings. The van der Waals surface area contributed by atoms with Crippen LogP contribution in [0, 0.1) is 0 Å². The monoisotopic (exact) mass is 1300 g/mol. The highest BCUT2D eigenvalue weighted by Crippen LogP contribution is 2.53. The molecule has 4 nitrogen and oxygen atoms in total. The number of fused-ring (bicyclic) bond motifs is 8. The zero-order valence-electron chi connectivity index (χ0n) is 68.7. The molecule has 6 heteroatoms. The van der Waals surface area contributed by atoms with Crippen LogP contribution in [0.25, 0.3) is 66.8 Å². The first-order valence-electron chi connectivity index (χ1n) is 39.8. The van der Waals surface area contributed by atoms with Crippen LogP contribution in [0.5, 0.6) is 23.0 Å². The first-order valence-corrected chi connectivity index (χ1v) is 34.8. The molecule has 0 N–H and O–H groups in total. The van der Waals surface area contributed by atoms with Gasteiger partial charge in [-0.15, -0.1) is 0 Å². The summed E-state index contributed by atoms with van der Waals surface area (Å²) in [6.45, 7) is 25.7. The molecule has 13 aromatic carbocycles. The Hall–Kier alpha value is -10.8. The third-order valence-electron chi connectivity index (χ3n) is 20.7. The third-order valence-corrected chi connectivity index (χ3v) is 20.7. The maximum atomic E-state index is 9.96. The Morgan fingerprint density at radius 2 is 0.650 bits per heavy atom. The largest absolute Gasteiger partial charge is 0.458 e. The van der Waals surface area contributed by atoms with Gasteiger partial charge in [0.2, 0.25) is 0 Å². The van der Waals surface area contributed by atoms with Crippen molar-refractivity contribution in [2.24, 2.45) is 0 Å². The molecule has 0 radical (unpaired) electrons. The fourth-order valence-corrected chi connectivity index (χ4v) is 15.3. The van der Waals surface area contributed by atoms with Gasteiger partial charge in [-0.25, -0.2) is 0 Å². The van der Waals surface area contributed by atoms with Crippen molar-refractivity contribution in [1.82, 2.24) is 0 Å². The van der Waals surface area contributed by atoms with Crippen LogP contribution in [0.4, 0.5) is 34.1 Å². The van der Waals surface area contributed by atoms with Gasteiger partial charge in [-0.3, -0.25) is 0 Å².